The standard InChI is InChI=1S/C16H20N4O.ClH/c1-11-5-8-20(12(9-11)10-17)16(21)13-3-2-4-14-15(13)19-7-6-18-14;/h2-4,6-7,11-12H,5,8-10,17H2,1H3;1H. The molecule has 1 saturated heterocycles. The average molecular weight is 321 g/mol. The van der Waals surface area contributed by atoms with E-state index in [2.05, 4.69) is 16.9 Å². The van der Waals surface area contributed by atoms with Gasteiger partial charge in [0.15, 0.2) is 0 Å². The molecule has 118 valence electrons. The van der Waals surface area contributed by atoms with Gasteiger partial charge in [-0.25, -0.2) is 0 Å². The van der Waals surface area contributed by atoms with Crippen molar-refractivity contribution in [3.05, 3.63) is 36.2 Å². The van der Waals surface area contributed by atoms with Gasteiger partial charge in [-0.05, 0) is 30.9 Å². The lowest BCUT2D eigenvalue weighted by Gasteiger charge is -2.38. The summed E-state index contributed by atoms with van der Waals surface area (Å²) >= 11 is 0. The number of carbonyl (C=O) groups excluding carboxylic acids is 1. The summed E-state index contributed by atoms with van der Waals surface area (Å²) < 4.78 is 0. The van der Waals surface area contributed by atoms with Crippen LogP contribution >= 0.6 is 12.4 Å². The van der Waals surface area contributed by atoms with E-state index in [-0.39, 0.29) is 24.4 Å². The third-order valence-electron chi connectivity index (χ3n) is 4.24. The van der Waals surface area contributed by atoms with Gasteiger partial charge in [-0.1, -0.05) is 13.0 Å². The summed E-state index contributed by atoms with van der Waals surface area (Å²) in [6.45, 7) is 3.49. The zero-order valence-electron chi connectivity index (χ0n) is 12.6. The number of nitrogens with zero attached hydrogens (tertiary/aromatic N) is 3. The van der Waals surface area contributed by atoms with Crippen LogP contribution in [0, 0.1) is 5.92 Å². The number of amides is 1. The normalized spacial score (nSPS) is 21.5. The van der Waals surface area contributed by atoms with Crippen molar-refractivity contribution in [2.75, 3.05) is 13.1 Å². The Labute approximate surface area is 136 Å². The van der Waals surface area contributed by atoms with E-state index in [1.807, 2.05) is 23.1 Å². The first-order valence-corrected chi connectivity index (χ1v) is 7.41. The Hall–Kier alpha value is -1.72. The predicted molar refractivity (Wildman–Crippen MR) is 89.1 cm³/mol. The maximum absolute atomic E-state index is 12.9. The first-order valence-electron chi connectivity index (χ1n) is 7.41. The number of rotatable bonds is 2. The smallest absolute Gasteiger partial charge is 0.256 e. The van der Waals surface area contributed by atoms with Crippen LogP contribution in [0.2, 0.25) is 0 Å². The van der Waals surface area contributed by atoms with Crippen LogP contribution in [0.15, 0.2) is 30.6 Å². The molecule has 0 spiro atoms. The number of aromatic nitrogens is 2. The highest BCUT2D eigenvalue weighted by Crippen LogP contribution is 2.25. The topological polar surface area (TPSA) is 72.1 Å². The summed E-state index contributed by atoms with van der Waals surface area (Å²) in [5, 5.41) is 0. The van der Waals surface area contributed by atoms with Crippen molar-refractivity contribution >= 4 is 29.3 Å². The van der Waals surface area contributed by atoms with Crippen molar-refractivity contribution < 1.29 is 4.79 Å². The van der Waals surface area contributed by atoms with Gasteiger partial charge in [-0.3, -0.25) is 14.8 Å². The van der Waals surface area contributed by atoms with E-state index in [4.69, 9.17) is 5.73 Å². The van der Waals surface area contributed by atoms with Crippen molar-refractivity contribution in [2.45, 2.75) is 25.8 Å². The van der Waals surface area contributed by atoms with Gasteiger partial charge in [0, 0.05) is 31.5 Å². The van der Waals surface area contributed by atoms with E-state index >= 15 is 0 Å². The van der Waals surface area contributed by atoms with E-state index in [9.17, 15) is 4.79 Å². The Kier molecular flexibility index (Phi) is 5.32. The van der Waals surface area contributed by atoms with E-state index in [0.717, 1.165) is 24.9 Å². The Morgan fingerprint density at radius 1 is 1.36 bits per heavy atom. The molecule has 2 atom stereocenters. The number of benzene rings is 1. The Morgan fingerprint density at radius 2 is 2.14 bits per heavy atom. The zero-order valence-corrected chi connectivity index (χ0v) is 13.4. The molecule has 3 rings (SSSR count). The highest BCUT2D eigenvalue weighted by molar-refractivity contribution is 6.04. The highest BCUT2D eigenvalue weighted by atomic mass is 35.5. The number of para-hydroxylation sites is 1. The van der Waals surface area contributed by atoms with Gasteiger partial charge < -0.3 is 10.6 Å². The lowest BCUT2D eigenvalue weighted by atomic mass is 9.91. The summed E-state index contributed by atoms with van der Waals surface area (Å²) in [4.78, 5) is 23.4. The van der Waals surface area contributed by atoms with Gasteiger partial charge in [0.05, 0.1) is 11.1 Å². The Bertz CT molecular complexity index is 658. The maximum Gasteiger partial charge on any atom is 0.256 e. The predicted octanol–water partition coefficient (Wildman–Crippen LogP) is 2.25. The van der Waals surface area contributed by atoms with Crippen molar-refractivity contribution in [3.63, 3.8) is 0 Å². The molecule has 1 amide bonds. The van der Waals surface area contributed by atoms with Crippen LogP contribution in [0.1, 0.15) is 30.1 Å². The molecule has 0 saturated carbocycles. The third kappa shape index (κ3) is 3.05. The molecule has 2 N–H and O–H groups in total. The molecule has 0 bridgehead atoms. The molecule has 1 aromatic carbocycles. The number of piperidine rings is 1. The van der Waals surface area contributed by atoms with Gasteiger partial charge in [0.1, 0.15) is 5.52 Å². The molecule has 1 aliphatic heterocycles. The van der Waals surface area contributed by atoms with E-state index in [1.165, 1.54) is 0 Å². The summed E-state index contributed by atoms with van der Waals surface area (Å²) in [6, 6.07) is 5.67. The van der Waals surface area contributed by atoms with Crippen LogP contribution in [-0.2, 0) is 0 Å². The van der Waals surface area contributed by atoms with E-state index in [1.54, 1.807) is 12.4 Å². The molecule has 22 heavy (non-hydrogen) atoms. The van der Waals surface area contributed by atoms with Gasteiger partial charge >= 0.3 is 0 Å². The minimum absolute atomic E-state index is 0. The molecule has 1 aromatic heterocycles. The lowest BCUT2D eigenvalue weighted by Crippen LogP contribution is -2.49. The first-order chi connectivity index (χ1) is 10.2. The summed E-state index contributed by atoms with van der Waals surface area (Å²) in [5.41, 5.74) is 7.90. The van der Waals surface area contributed by atoms with Gasteiger partial charge in [0.25, 0.3) is 5.91 Å². The Balaban J connectivity index is 0.00000176. The van der Waals surface area contributed by atoms with Crippen LogP contribution in [0.25, 0.3) is 11.0 Å². The third-order valence-corrected chi connectivity index (χ3v) is 4.24. The molecule has 5 nitrogen and oxygen atoms in total. The number of likely N-dealkylation sites (tertiary alicyclic amines) is 1. The molecule has 0 radical (unpaired) electrons. The van der Waals surface area contributed by atoms with Crippen LogP contribution in [-0.4, -0.2) is 39.9 Å². The first kappa shape index (κ1) is 16.6. The van der Waals surface area contributed by atoms with Crippen molar-refractivity contribution in [1.29, 1.82) is 0 Å². The van der Waals surface area contributed by atoms with Gasteiger partial charge in [-0.2, -0.15) is 0 Å². The van der Waals surface area contributed by atoms with Crippen LogP contribution in [0.4, 0.5) is 0 Å². The van der Waals surface area contributed by atoms with E-state index < -0.39 is 0 Å². The Morgan fingerprint density at radius 3 is 2.91 bits per heavy atom. The second kappa shape index (κ2) is 7.03. The summed E-state index contributed by atoms with van der Waals surface area (Å²) in [7, 11) is 0. The SMILES string of the molecule is CC1CCN(C(=O)c2cccc3nccnc23)C(CN)C1.Cl. The molecule has 2 heterocycles. The lowest BCUT2D eigenvalue weighted by molar-refractivity contribution is 0.0575. The summed E-state index contributed by atoms with van der Waals surface area (Å²) in [5.74, 6) is 0.637. The van der Waals surface area contributed by atoms with E-state index in [0.29, 0.717) is 23.5 Å². The molecule has 1 fully saturated rings. The molecule has 0 aliphatic carbocycles. The average Bonchev–Trinajstić information content (AvgIpc) is 2.53. The molecule has 2 unspecified atom stereocenters. The molecule has 6 heteroatoms. The van der Waals surface area contributed by atoms with Crippen molar-refractivity contribution in [2.24, 2.45) is 11.7 Å². The van der Waals surface area contributed by atoms with Gasteiger partial charge in [0.2, 0.25) is 0 Å². The number of nitrogens with two attached hydrogens (primary N) is 1. The van der Waals surface area contributed by atoms with Crippen LogP contribution in [0.3, 0.4) is 0 Å². The van der Waals surface area contributed by atoms with Crippen LogP contribution < -0.4 is 5.73 Å². The second-order valence-corrected chi connectivity index (χ2v) is 5.75. The van der Waals surface area contributed by atoms with Crippen LogP contribution in [0.5, 0.6) is 0 Å². The number of halogens is 1. The molecule has 2 aromatic rings. The number of carbonyl (C=O) groups is 1. The molecule has 1 aliphatic rings. The fraction of sp³-hybridized carbons (Fsp3) is 0.438. The molecular formula is C16H21ClN4O. The fourth-order valence-corrected chi connectivity index (χ4v) is 3.06. The minimum atomic E-state index is 0. The second-order valence-electron chi connectivity index (χ2n) is 5.75. The van der Waals surface area contributed by atoms with Crippen molar-refractivity contribution in [3.8, 4) is 0 Å². The monoisotopic (exact) mass is 320 g/mol. The number of fused-ring (bicyclic) bond motifs is 1. The number of hydrogen-bond donors (Lipinski definition) is 1. The minimum Gasteiger partial charge on any atom is -0.334 e. The van der Waals surface area contributed by atoms with Crippen molar-refractivity contribution in [1.82, 2.24) is 14.9 Å². The molecular weight excluding hydrogens is 300 g/mol. The quantitative estimate of drug-likeness (QED) is 0.921. The maximum atomic E-state index is 12.9. The van der Waals surface area contributed by atoms with Gasteiger partial charge in [-0.15, -0.1) is 12.4 Å². The fourth-order valence-electron chi connectivity index (χ4n) is 3.06. The highest BCUT2D eigenvalue weighted by Gasteiger charge is 2.30. The number of hydrogen-bond acceptors (Lipinski definition) is 4. The summed E-state index contributed by atoms with van der Waals surface area (Å²) in [6.07, 6.45) is 5.26. The largest absolute Gasteiger partial charge is 0.334 e. The zero-order chi connectivity index (χ0) is 14.8.